The quantitative estimate of drug-likeness (QED) is 0.717. The lowest BCUT2D eigenvalue weighted by atomic mass is 9.79. The molecule has 2 N–H and O–H groups in total. The molecule has 0 spiro atoms. The van der Waals surface area contributed by atoms with E-state index in [2.05, 4.69) is 22.8 Å². The van der Waals surface area contributed by atoms with E-state index in [1.807, 2.05) is 18.2 Å². The lowest BCUT2D eigenvalue weighted by Gasteiger charge is -2.30. The summed E-state index contributed by atoms with van der Waals surface area (Å²) in [4.78, 5) is 24.5. The average Bonchev–Trinajstić information content (AvgIpc) is 3.28. The van der Waals surface area contributed by atoms with Gasteiger partial charge in [0.1, 0.15) is 0 Å². The van der Waals surface area contributed by atoms with Crippen molar-refractivity contribution in [1.29, 1.82) is 0 Å². The van der Waals surface area contributed by atoms with Gasteiger partial charge < -0.3 is 10.6 Å². The molecule has 1 aliphatic heterocycles. The smallest absolute Gasteiger partial charge is 0.251 e. The highest BCUT2D eigenvalue weighted by Crippen LogP contribution is 2.40. The molecule has 1 saturated carbocycles. The van der Waals surface area contributed by atoms with E-state index in [1.165, 1.54) is 17.7 Å². The van der Waals surface area contributed by atoms with Crippen molar-refractivity contribution in [3.05, 3.63) is 65.7 Å². The highest BCUT2D eigenvalue weighted by molar-refractivity contribution is 7.89. The Hall–Kier alpha value is -2.71. The minimum atomic E-state index is -3.84. The van der Waals surface area contributed by atoms with Crippen LogP contribution in [-0.2, 0) is 20.2 Å². The molecule has 4 rings (SSSR count). The number of piperazine rings is 1. The van der Waals surface area contributed by atoms with Crippen molar-refractivity contribution in [3.8, 4) is 0 Å². The van der Waals surface area contributed by atoms with Crippen molar-refractivity contribution >= 4 is 21.8 Å². The molecule has 2 fully saturated rings. The number of benzene rings is 2. The van der Waals surface area contributed by atoms with Gasteiger partial charge in [-0.3, -0.25) is 9.59 Å². The first-order valence-electron chi connectivity index (χ1n) is 10.6. The molecule has 1 heterocycles. The lowest BCUT2D eigenvalue weighted by molar-refractivity contribution is -0.122. The van der Waals surface area contributed by atoms with Crippen LogP contribution in [-0.4, -0.2) is 50.7 Å². The van der Waals surface area contributed by atoms with Gasteiger partial charge in [-0.2, -0.15) is 4.31 Å². The minimum absolute atomic E-state index is 0.0217. The summed E-state index contributed by atoms with van der Waals surface area (Å²) < 4.78 is 27.0. The molecule has 1 saturated heterocycles. The Labute approximate surface area is 182 Å². The van der Waals surface area contributed by atoms with E-state index in [9.17, 15) is 18.0 Å². The van der Waals surface area contributed by atoms with E-state index in [-0.39, 0.29) is 41.8 Å². The van der Waals surface area contributed by atoms with Gasteiger partial charge in [-0.05, 0) is 36.6 Å². The predicted octanol–water partition coefficient (Wildman–Crippen LogP) is 2.05. The molecule has 8 heteroatoms. The van der Waals surface area contributed by atoms with Crippen molar-refractivity contribution in [2.75, 3.05) is 26.2 Å². The second-order valence-electron chi connectivity index (χ2n) is 8.25. The van der Waals surface area contributed by atoms with Gasteiger partial charge in [0, 0.05) is 30.6 Å². The number of amides is 2. The van der Waals surface area contributed by atoms with Crippen LogP contribution in [0.5, 0.6) is 0 Å². The van der Waals surface area contributed by atoms with Gasteiger partial charge >= 0.3 is 0 Å². The highest BCUT2D eigenvalue weighted by atomic mass is 32.2. The van der Waals surface area contributed by atoms with Gasteiger partial charge in [0.25, 0.3) is 5.91 Å². The zero-order valence-corrected chi connectivity index (χ0v) is 18.2. The summed E-state index contributed by atoms with van der Waals surface area (Å²) in [5, 5.41) is 5.65. The number of hydrogen-bond donors (Lipinski definition) is 2. The summed E-state index contributed by atoms with van der Waals surface area (Å²) >= 11 is 0. The van der Waals surface area contributed by atoms with Gasteiger partial charge in [0.2, 0.25) is 15.9 Å². The van der Waals surface area contributed by atoms with Crippen LogP contribution in [0.25, 0.3) is 0 Å². The maximum Gasteiger partial charge on any atom is 0.251 e. The molecule has 1 aliphatic carbocycles. The highest BCUT2D eigenvalue weighted by Gasteiger charge is 2.36. The molecule has 2 aromatic rings. The minimum Gasteiger partial charge on any atom is -0.354 e. The van der Waals surface area contributed by atoms with Crippen LogP contribution < -0.4 is 10.6 Å². The second kappa shape index (κ2) is 8.80. The van der Waals surface area contributed by atoms with Crippen LogP contribution >= 0.6 is 0 Å². The Morgan fingerprint density at radius 2 is 1.81 bits per heavy atom. The lowest BCUT2D eigenvalue weighted by Crippen LogP contribution is -2.49. The van der Waals surface area contributed by atoms with E-state index in [4.69, 9.17) is 0 Å². The maximum absolute atomic E-state index is 12.9. The molecule has 7 nitrogen and oxygen atoms in total. The average molecular weight is 442 g/mol. The fourth-order valence-electron chi connectivity index (χ4n) is 4.53. The molecule has 2 aromatic carbocycles. The standard InChI is InChI=1S/C23H27N3O4S/c27-21-16-26(14-13-24-21)31(29,30)20-10-6-7-18(15-20)22(28)25-17-23(11-4-5-12-23)19-8-2-1-3-9-19/h1-3,6-10,15H,4-5,11-14,16-17H2,(H,24,27)(H,25,28). The normalized spacial score (nSPS) is 19.0. The summed E-state index contributed by atoms with van der Waals surface area (Å²) in [7, 11) is -3.84. The third-order valence-electron chi connectivity index (χ3n) is 6.27. The van der Waals surface area contributed by atoms with Crippen molar-refractivity contribution < 1.29 is 18.0 Å². The van der Waals surface area contributed by atoms with Crippen molar-refractivity contribution in [2.45, 2.75) is 36.0 Å². The maximum atomic E-state index is 12.9. The van der Waals surface area contributed by atoms with Gasteiger partial charge in [0.05, 0.1) is 11.4 Å². The van der Waals surface area contributed by atoms with Crippen LogP contribution in [0.15, 0.2) is 59.5 Å². The predicted molar refractivity (Wildman–Crippen MR) is 117 cm³/mol. The molecule has 0 bridgehead atoms. The van der Waals surface area contributed by atoms with Gasteiger partial charge in [0.15, 0.2) is 0 Å². The van der Waals surface area contributed by atoms with Gasteiger partial charge in [-0.25, -0.2) is 8.42 Å². The van der Waals surface area contributed by atoms with Crippen LogP contribution in [0.1, 0.15) is 41.6 Å². The first kappa shape index (κ1) is 21.5. The molecule has 0 aromatic heterocycles. The van der Waals surface area contributed by atoms with E-state index in [0.717, 1.165) is 30.0 Å². The summed E-state index contributed by atoms with van der Waals surface area (Å²) in [5.41, 5.74) is 1.44. The molecule has 31 heavy (non-hydrogen) atoms. The molecule has 2 aliphatic rings. The van der Waals surface area contributed by atoms with Crippen LogP contribution in [0, 0.1) is 0 Å². The summed E-state index contributed by atoms with van der Waals surface area (Å²) in [5.74, 6) is -0.623. The molecule has 0 atom stereocenters. The molecular formula is C23H27N3O4S. The fraction of sp³-hybridized carbons (Fsp3) is 0.391. The van der Waals surface area contributed by atoms with Crippen molar-refractivity contribution in [2.24, 2.45) is 0 Å². The summed E-state index contributed by atoms with van der Waals surface area (Å²) in [6.45, 7) is 0.793. The van der Waals surface area contributed by atoms with E-state index in [1.54, 1.807) is 12.1 Å². The number of rotatable bonds is 6. The SMILES string of the molecule is O=C1CN(S(=O)(=O)c2cccc(C(=O)NCC3(c4ccccc4)CCCC3)c2)CCN1. The monoisotopic (exact) mass is 441 g/mol. The number of hydrogen-bond acceptors (Lipinski definition) is 4. The molecular weight excluding hydrogens is 414 g/mol. The Balaban J connectivity index is 1.50. The Kier molecular flexibility index (Phi) is 6.11. The van der Waals surface area contributed by atoms with Crippen LogP contribution in [0.4, 0.5) is 0 Å². The number of carbonyl (C=O) groups is 2. The Morgan fingerprint density at radius 1 is 1.06 bits per heavy atom. The first-order valence-corrected chi connectivity index (χ1v) is 12.1. The zero-order chi connectivity index (χ0) is 21.9. The second-order valence-corrected chi connectivity index (χ2v) is 10.2. The summed E-state index contributed by atoms with van der Waals surface area (Å²) in [6.07, 6.45) is 4.29. The molecule has 2 amide bonds. The van der Waals surface area contributed by atoms with Crippen LogP contribution in [0.2, 0.25) is 0 Å². The van der Waals surface area contributed by atoms with Crippen LogP contribution in [0.3, 0.4) is 0 Å². The number of nitrogens with one attached hydrogen (secondary N) is 2. The Morgan fingerprint density at radius 3 is 2.52 bits per heavy atom. The third-order valence-corrected chi connectivity index (χ3v) is 8.11. The molecule has 0 unspecified atom stereocenters. The zero-order valence-electron chi connectivity index (χ0n) is 17.3. The molecule has 164 valence electrons. The van der Waals surface area contributed by atoms with E-state index < -0.39 is 10.0 Å². The third kappa shape index (κ3) is 4.50. The molecule has 0 radical (unpaired) electrons. The number of carbonyl (C=O) groups excluding carboxylic acids is 2. The first-order chi connectivity index (χ1) is 14.9. The fourth-order valence-corrected chi connectivity index (χ4v) is 5.97. The van der Waals surface area contributed by atoms with E-state index in [0.29, 0.717) is 12.1 Å². The van der Waals surface area contributed by atoms with Crippen molar-refractivity contribution in [3.63, 3.8) is 0 Å². The van der Waals surface area contributed by atoms with Crippen molar-refractivity contribution in [1.82, 2.24) is 14.9 Å². The topological polar surface area (TPSA) is 95.6 Å². The van der Waals surface area contributed by atoms with Gasteiger partial charge in [-0.15, -0.1) is 0 Å². The summed E-state index contributed by atoms with van der Waals surface area (Å²) in [6, 6.07) is 16.3. The van der Waals surface area contributed by atoms with E-state index >= 15 is 0 Å². The van der Waals surface area contributed by atoms with Gasteiger partial charge in [-0.1, -0.05) is 49.2 Å². The largest absolute Gasteiger partial charge is 0.354 e. The number of sulfonamides is 1. The Bertz CT molecular complexity index is 1060. The number of nitrogens with zero attached hydrogens (tertiary/aromatic N) is 1.